The number of hydrogen-bond acceptors (Lipinski definition) is 3. The van der Waals surface area contributed by atoms with Gasteiger partial charge in [-0.25, -0.2) is 4.79 Å². The zero-order chi connectivity index (χ0) is 21.3. The van der Waals surface area contributed by atoms with E-state index in [1.54, 1.807) is 31.2 Å². The van der Waals surface area contributed by atoms with E-state index in [1.165, 1.54) is 0 Å². The molecule has 2 N–H and O–H groups in total. The second-order valence-electron chi connectivity index (χ2n) is 7.41. The van der Waals surface area contributed by atoms with Crippen LogP contribution in [0.15, 0.2) is 66.7 Å². The number of imide groups is 1. The highest BCUT2D eigenvalue weighted by Gasteiger charge is 2.49. The van der Waals surface area contributed by atoms with E-state index in [9.17, 15) is 14.4 Å². The van der Waals surface area contributed by atoms with Gasteiger partial charge in [-0.2, -0.15) is 0 Å². The van der Waals surface area contributed by atoms with E-state index in [0.717, 1.165) is 21.2 Å². The fourth-order valence-electron chi connectivity index (χ4n) is 3.54. The van der Waals surface area contributed by atoms with Crippen molar-refractivity contribution in [3.05, 3.63) is 82.9 Å². The minimum Gasteiger partial charge on any atom is -0.350 e. The molecule has 3 aromatic rings. The van der Waals surface area contributed by atoms with Gasteiger partial charge in [0.05, 0.1) is 0 Å². The van der Waals surface area contributed by atoms with Gasteiger partial charge in [0.2, 0.25) is 5.91 Å². The van der Waals surface area contributed by atoms with E-state index in [4.69, 9.17) is 11.6 Å². The first-order valence-electron chi connectivity index (χ1n) is 9.51. The van der Waals surface area contributed by atoms with Crippen LogP contribution in [0.2, 0.25) is 5.02 Å². The summed E-state index contributed by atoms with van der Waals surface area (Å²) in [6.07, 6.45) is 0. The van der Waals surface area contributed by atoms with E-state index < -0.39 is 23.4 Å². The first-order chi connectivity index (χ1) is 14.4. The van der Waals surface area contributed by atoms with Gasteiger partial charge in [0.25, 0.3) is 5.91 Å². The lowest BCUT2D eigenvalue weighted by atomic mass is 9.90. The third-order valence-corrected chi connectivity index (χ3v) is 5.56. The monoisotopic (exact) mass is 421 g/mol. The Morgan fingerprint density at radius 1 is 1.03 bits per heavy atom. The van der Waals surface area contributed by atoms with Crippen molar-refractivity contribution in [1.29, 1.82) is 0 Å². The summed E-state index contributed by atoms with van der Waals surface area (Å²) in [5, 5.41) is 8.08. The minimum absolute atomic E-state index is 0.279. The highest BCUT2D eigenvalue weighted by Crippen LogP contribution is 2.30. The average Bonchev–Trinajstić information content (AvgIpc) is 2.97. The van der Waals surface area contributed by atoms with Crippen LogP contribution in [-0.4, -0.2) is 29.3 Å². The number of nitrogens with one attached hydrogen (secondary N) is 2. The van der Waals surface area contributed by atoms with Gasteiger partial charge < -0.3 is 10.6 Å². The van der Waals surface area contributed by atoms with Crippen molar-refractivity contribution >= 4 is 40.2 Å². The van der Waals surface area contributed by atoms with Crippen LogP contribution in [0.1, 0.15) is 18.1 Å². The summed E-state index contributed by atoms with van der Waals surface area (Å²) >= 11 is 5.85. The number of nitrogens with zero attached hydrogens (tertiary/aromatic N) is 1. The summed E-state index contributed by atoms with van der Waals surface area (Å²) in [5.41, 5.74) is 0.312. The zero-order valence-corrected chi connectivity index (χ0v) is 17.1. The molecule has 0 radical (unpaired) electrons. The second kappa shape index (κ2) is 7.80. The number of amides is 4. The van der Waals surface area contributed by atoms with Gasteiger partial charge >= 0.3 is 6.03 Å². The molecule has 0 bridgehead atoms. The summed E-state index contributed by atoms with van der Waals surface area (Å²) in [5.74, 6) is -0.874. The second-order valence-corrected chi connectivity index (χ2v) is 7.85. The van der Waals surface area contributed by atoms with Crippen molar-refractivity contribution in [1.82, 2.24) is 15.5 Å². The van der Waals surface area contributed by atoms with Gasteiger partial charge in [0.1, 0.15) is 12.1 Å². The number of fused-ring (bicyclic) bond motifs is 1. The summed E-state index contributed by atoms with van der Waals surface area (Å²) in [6.45, 7) is 1.59. The van der Waals surface area contributed by atoms with E-state index in [-0.39, 0.29) is 13.1 Å². The summed E-state index contributed by atoms with van der Waals surface area (Å²) in [7, 11) is 0. The molecule has 1 unspecified atom stereocenters. The third-order valence-electron chi connectivity index (χ3n) is 5.31. The van der Waals surface area contributed by atoms with E-state index >= 15 is 0 Å². The van der Waals surface area contributed by atoms with Crippen molar-refractivity contribution in [2.75, 3.05) is 6.54 Å². The van der Waals surface area contributed by atoms with Gasteiger partial charge in [-0.15, -0.1) is 0 Å². The van der Waals surface area contributed by atoms with Crippen molar-refractivity contribution in [3.8, 4) is 0 Å². The maximum absolute atomic E-state index is 13.1. The molecule has 1 atom stereocenters. The minimum atomic E-state index is -1.22. The Kier molecular flexibility index (Phi) is 5.18. The Labute approximate surface area is 178 Å². The number of halogens is 1. The van der Waals surface area contributed by atoms with Crippen molar-refractivity contribution in [2.24, 2.45) is 0 Å². The summed E-state index contributed by atoms with van der Waals surface area (Å²) in [4.78, 5) is 38.8. The zero-order valence-electron chi connectivity index (χ0n) is 16.3. The van der Waals surface area contributed by atoms with Gasteiger partial charge in [-0.1, -0.05) is 60.1 Å². The lowest BCUT2D eigenvalue weighted by Gasteiger charge is -2.22. The largest absolute Gasteiger partial charge is 0.350 e. The molecule has 6 nitrogen and oxygen atoms in total. The maximum Gasteiger partial charge on any atom is 0.325 e. The predicted molar refractivity (Wildman–Crippen MR) is 115 cm³/mol. The number of carbonyl (C=O) groups is 3. The lowest BCUT2D eigenvalue weighted by Crippen LogP contribution is -2.43. The molecule has 4 rings (SSSR count). The average molecular weight is 422 g/mol. The summed E-state index contributed by atoms with van der Waals surface area (Å²) < 4.78 is 0. The first kappa shape index (κ1) is 19.9. The van der Waals surface area contributed by atoms with E-state index in [0.29, 0.717) is 10.6 Å². The number of rotatable bonds is 5. The molecule has 7 heteroatoms. The number of carbonyl (C=O) groups excluding carboxylic acids is 3. The molecule has 1 heterocycles. The Morgan fingerprint density at radius 3 is 2.47 bits per heavy atom. The third kappa shape index (κ3) is 3.74. The predicted octanol–water partition coefficient (Wildman–Crippen LogP) is 3.58. The molecule has 0 spiro atoms. The smallest absolute Gasteiger partial charge is 0.325 e. The van der Waals surface area contributed by atoms with Gasteiger partial charge in [-0.05, 0) is 47.0 Å². The Bertz CT molecular complexity index is 1150. The topological polar surface area (TPSA) is 78.5 Å². The van der Waals surface area contributed by atoms with Crippen LogP contribution in [0.25, 0.3) is 10.8 Å². The highest BCUT2D eigenvalue weighted by atomic mass is 35.5. The molecule has 4 amide bonds. The van der Waals surface area contributed by atoms with E-state index in [2.05, 4.69) is 10.6 Å². The highest BCUT2D eigenvalue weighted by molar-refractivity contribution is 6.30. The molecule has 1 saturated heterocycles. The van der Waals surface area contributed by atoms with Crippen molar-refractivity contribution in [3.63, 3.8) is 0 Å². The molecule has 1 aliphatic rings. The fraction of sp³-hybridized carbons (Fsp3) is 0.174. The molecular weight excluding hydrogens is 402 g/mol. The van der Waals surface area contributed by atoms with Crippen LogP contribution < -0.4 is 10.6 Å². The van der Waals surface area contributed by atoms with Crippen molar-refractivity contribution < 1.29 is 14.4 Å². The number of benzene rings is 3. The van der Waals surface area contributed by atoms with Crippen LogP contribution in [0.4, 0.5) is 4.79 Å². The van der Waals surface area contributed by atoms with Crippen LogP contribution in [0.5, 0.6) is 0 Å². The van der Waals surface area contributed by atoms with Crippen LogP contribution in [-0.2, 0) is 21.7 Å². The molecule has 0 aromatic heterocycles. The molecule has 152 valence electrons. The van der Waals surface area contributed by atoms with Crippen LogP contribution >= 0.6 is 11.6 Å². The molecule has 0 saturated carbocycles. The van der Waals surface area contributed by atoms with Gasteiger partial charge in [0.15, 0.2) is 0 Å². The van der Waals surface area contributed by atoms with Crippen molar-refractivity contribution in [2.45, 2.75) is 19.0 Å². The molecular formula is C23H20ClN3O3. The number of hydrogen-bond donors (Lipinski definition) is 2. The lowest BCUT2D eigenvalue weighted by molar-refractivity contribution is -0.134. The molecule has 3 aromatic carbocycles. The SMILES string of the molecule is CC1(c2ccc3ccccc3c2)NC(=O)N(CC(=O)NCc2ccc(Cl)cc2)C1=O. The Morgan fingerprint density at radius 2 is 1.73 bits per heavy atom. The fourth-order valence-corrected chi connectivity index (χ4v) is 3.66. The molecule has 1 aliphatic heterocycles. The number of urea groups is 1. The normalized spacial score (nSPS) is 18.5. The standard InChI is InChI=1S/C23H20ClN3O3/c1-23(18-9-8-16-4-2-3-5-17(16)12-18)21(29)27(22(30)26-23)14-20(28)25-13-15-6-10-19(24)11-7-15/h2-12H,13-14H2,1H3,(H,25,28)(H,26,30). The van der Waals surface area contributed by atoms with Gasteiger partial charge in [-0.3, -0.25) is 14.5 Å². The molecule has 30 heavy (non-hydrogen) atoms. The summed E-state index contributed by atoms with van der Waals surface area (Å²) in [6, 6.07) is 19.9. The molecule has 0 aliphatic carbocycles. The maximum atomic E-state index is 13.1. The van der Waals surface area contributed by atoms with Crippen LogP contribution in [0.3, 0.4) is 0 Å². The Balaban J connectivity index is 1.47. The quantitative estimate of drug-likeness (QED) is 0.618. The Hall–Kier alpha value is -3.38. The van der Waals surface area contributed by atoms with Gasteiger partial charge in [0, 0.05) is 11.6 Å². The first-order valence-corrected chi connectivity index (χ1v) is 9.89. The van der Waals surface area contributed by atoms with Crippen LogP contribution in [0, 0.1) is 0 Å². The van der Waals surface area contributed by atoms with E-state index in [1.807, 2.05) is 42.5 Å². The molecule has 1 fully saturated rings.